The van der Waals surface area contributed by atoms with Crippen LogP contribution in [0.1, 0.15) is 25.1 Å². The van der Waals surface area contributed by atoms with Gasteiger partial charge in [0, 0.05) is 19.5 Å². The van der Waals surface area contributed by atoms with Gasteiger partial charge in [-0.1, -0.05) is 25.0 Å². The van der Waals surface area contributed by atoms with Gasteiger partial charge >= 0.3 is 0 Å². The number of para-hydroxylation sites is 2. The quantitative estimate of drug-likeness (QED) is 0.874. The molecule has 1 saturated carbocycles. The van der Waals surface area contributed by atoms with E-state index in [1.165, 1.54) is 30.6 Å². The molecule has 1 aromatic heterocycles. The van der Waals surface area contributed by atoms with Crippen LogP contribution in [-0.4, -0.2) is 22.6 Å². The van der Waals surface area contributed by atoms with E-state index in [2.05, 4.69) is 48.2 Å². The van der Waals surface area contributed by atoms with Gasteiger partial charge in [-0.2, -0.15) is 0 Å². The number of hydrogen-bond acceptors (Lipinski definition) is 2. The SMILES string of the molecule is CNC(Cc1nc2ccccc2n1C)CC1CC1. The van der Waals surface area contributed by atoms with Gasteiger partial charge < -0.3 is 9.88 Å². The normalized spacial score (nSPS) is 17.2. The second-order valence-corrected chi connectivity index (χ2v) is 5.44. The number of rotatable bonds is 5. The molecule has 0 aliphatic heterocycles. The lowest BCUT2D eigenvalue weighted by Gasteiger charge is -2.15. The van der Waals surface area contributed by atoms with E-state index in [-0.39, 0.29) is 0 Å². The molecule has 3 heteroatoms. The van der Waals surface area contributed by atoms with Gasteiger partial charge in [0.15, 0.2) is 0 Å². The van der Waals surface area contributed by atoms with Crippen LogP contribution in [-0.2, 0) is 13.5 Å². The van der Waals surface area contributed by atoms with Crippen molar-refractivity contribution in [2.24, 2.45) is 13.0 Å². The summed E-state index contributed by atoms with van der Waals surface area (Å²) in [6.45, 7) is 0. The topological polar surface area (TPSA) is 29.9 Å². The molecule has 3 nitrogen and oxygen atoms in total. The monoisotopic (exact) mass is 243 g/mol. The van der Waals surface area contributed by atoms with Crippen LogP contribution in [0.2, 0.25) is 0 Å². The van der Waals surface area contributed by atoms with Crippen molar-refractivity contribution in [2.45, 2.75) is 31.7 Å². The maximum Gasteiger partial charge on any atom is 0.111 e. The molecule has 96 valence electrons. The molecule has 0 bridgehead atoms. The minimum Gasteiger partial charge on any atom is -0.331 e. The van der Waals surface area contributed by atoms with E-state index in [1.807, 2.05) is 0 Å². The average molecular weight is 243 g/mol. The Morgan fingerprint density at radius 2 is 2.17 bits per heavy atom. The molecule has 1 N–H and O–H groups in total. The van der Waals surface area contributed by atoms with Gasteiger partial charge in [-0.15, -0.1) is 0 Å². The van der Waals surface area contributed by atoms with Crippen LogP contribution in [0.5, 0.6) is 0 Å². The van der Waals surface area contributed by atoms with Crippen LogP contribution in [0, 0.1) is 5.92 Å². The standard InChI is InChI=1S/C15H21N3/c1-16-12(9-11-7-8-11)10-15-17-13-5-3-4-6-14(13)18(15)2/h3-6,11-12,16H,7-10H2,1-2H3. The molecule has 1 aliphatic carbocycles. The number of aryl methyl sites for hydroxylation is 1. The van der Waals surface area contributed by atoms with Crippen LogP contribution >= 0.6 is 0 Å². The van der Waals surface area contributed by atoms with Crippen molar-refractivity contribution in [1.82, 2.24) is 14.9 Å². The predicted octanol–water partition coefficient (Wildman–Crippen LogP) is 2.50. The third-order valence-corrected chi connectivity index (χ3v) is 4.03. The van der Waals surface area contributed by atoms with E-state index in [1.54, 1.807) is 0 Å². The van der Waals surface area contributed by atoms with E-state index in [0.29, 0.717) is 6.04 Å². The zero-order chi connectivity index (χ0) is 12.5. The van der Waals surface area contributed by atoms with Crippen molar-refractivity contribution < 1.29 is 0 Å². The lowest BCUT2D eigenvalue weighted by molar-refractivity contribution is 0.477. The average Bonchev–Trinajstić information content (AvgIpc) is 3.15. The van der Waals surface area contributed by atoms with Crippen LogP contribution < -0.4 is 5.32 Å². The number of benzene rings is 1. The van der Waals surface area contributed by atoms with Crippen LogP contribution in [0.25, 0.3) is 11.0 Å². The lowest BCUT2D eigenvalue weighted by atomic mass is 10.1. The van der Waals surface area contributed by atoms with Crippen molar-refractivity contribution in [2.75, 3.05) is 7.05 Å². The molecule has 18 heavy (non-hydrogen) atoms. The first-order chi connectivity index (χ1) is 8.78. The molecule has 0 spiro atoms. The Morgan fingerprint density at radius 3 is 2.83 bits per heavy atom. The smallest absolute Gasteiger partial charge is 0.111 e. The summed E-state index contributed by atoms with van der Waals surface area (Å²) in [4.78, 5) is 4.75. The molecule has 2 aromatic rings. The fourth-order valence-electron chi connectivity index (χ4n) is 2.66. The van der Waals surface area contributed by atoms with E-state index in [4.69, 9.17) is 4.98 Å². The summed E-state index contributed by atoms with van der Waals surface area (Å²) in [6.07, 6.45) is 5.15. The highest BCUT2D eigenvalue weighted by atomic mass is 15.1. The molecule has 1 aromatic carbocycles. The zero-order valence-corrected chi connectivity index (χ0v) is 11.2. The van der Waals surface area contributed by atoms with Gasteiger partial charge in [-0.05, 0) is 31.5 Å². The first kappa shape index (κ1) is 11.7. The summed E-state index contributed by atoms with van der Waals surface area (Å²) in [5, 5.41) is 3.44. The number of aromatic nitrogens is 2. The predicted molar refractivity (Wildman–Crippen MR) is 74.6 cm³/mol. The molecule has 1 fully saturated rings. The first-order valence-electron chi connectivity index (χ1n) is 6.85. The van der Waals surface area contributed by atoms with E-state index >= 15 is 0 Å². The van der Waals surface area contributed by atoms with Crippen molar-refractivity contribution >= 4 is 11.0 Å². The number of nitrogens with zero attached hydrogens (tertiary/aromatic N) is 2. The van der Waals surface area contributed by atoms with Crippen LogP contribution in [0.3, 0.4) is 0 Å². The van der Waals surface area contributed by atoms with Gasteiger partial charge in [0.25, 0.3) is 0 Å². The van der Waals surface area contributed by atoms with Gasteiger partial charge in [0.05, 0.1) is 11.0 Å². The summed E-state index contributed by atoms with van der Waals surface area (Å²) in [5.41, 5.74) is 2.34. The molecule has 0 amide bonds. The third-order valence-electron chi connectivity index (χ3n) is 4.03. The Labute approximate surface area is 108 Å². The van der Waals surface area contributed by atoms with Crippen molar-refractivity contribution in [3.05, 3.63) is 30.1 Å². The lowest BCUT2D eigenvalue weighted by Crippen LogP contribution is -2.29. The molecular weight excluding hydrogens is 222 g/mol. The summed E-state index contributed by atoms with van der Waals surface area (Å²) in [6, 6.07) is 8.93. The second kappa shape index (κ2) is 4.73. The minimum absolute atomic E-state index is 0.563. The molecular formula is C15H21N3. The van der Waals surface area contributed by atoms with Crippen LogP contribution in [0.4, 0.5) is 0 Å². The largest absolute Gasteiger partial charge is 0.331 e. The third kappa shape index (κ3) is 2.27. The maximum atomic E-state index is 4.75. The molecule has 0 radical (unpaired) electrons. The molecule has 1 unspecified atom stereocenters. The van der Waals surface area contributed by atoms with Crippen molar-refractivity contribution in [3.63, 3.8) is 0 Å². The molecule has 1 atom stereocenters. The van der Waals surface area contributed by atoms with E-state index in [9.17, 15) is 0 Å². The second-order valence-electron chi connectivity index (χ2n) is 5.44. The fourth-order valence-corrected chi connectivity index (χ4v) is 2.66. The van der Waals surface area contributed by atoms with Gasteiger partial charge in [0.2, 0.25) is 0 Å². The summed E-state index contributed by atoms with van der Waals surface area (Å²) in [7, 11) is 4.18. The molecule has 1 heterocycles. The summed E-state index contributed by atoms with van der Waals surface area (Å²) in [5.74, 6) is 2.15. The minimum atomic E-state index is 0.563. The Balaban J connectivity index is 1.82. The highest BCUT2D eigenvalue weighted by Gasteiger charge is 2.25. The highest BCUT2D eigenvalue weighted by molar-refractivity contribution is 5.75. The van der Waals surface area contributed by atoms with Gasteiger partial charge in [0.1, 0.15) is 5.82 Å². The fraction of sp³-hybridized carbons (Fsp3) is 0.533. The Morgan fingerprint density at radius 1 is 1.39 bits per heavy atom. The van der Waals surface area contributed by atoms with Crippen molar-refractivity contribution in [3.8, 4) is 0 Å². The Hall–Kier alpha value is -1.35. The zero-order valence-electron chi connectivity index (χ0n) is 11.2. The number of imidazole rings is 1. The van der Waals surface area contributed by atoms with Crippen LogP contribution in [0.15, 0.2) is 24.3 Å². The van der Waals surface area contributed by atoms with Gasteiger partial charge in [-0.25, -0.2) is 4.98 Å². The number of nitrogens with one attached hydrogen (secondary N) is 1. The molecule has 0 saturated heterocycles. The van der Waals surface area contributed by atoms with Crippen molar-refractivity contribution in [1.29, 1.82) is 0 Å². The number of fused-ring (bicyclic) bond motifs is 1. The Bertz CT molecular complexity index is 540. The maximum absolute atomic E-state index is 4.75. The highest BCUT2D eigenvalue weighted by Crippen LogP contribution is 2.34. The summed E-state index contributed by atoms with van der Waals surface area (Å²) >= 11 is 0. The first-order valence-corrected chi connectivity index (χ1v) is 6.85. The number of hydrogen-bond donors (Lipinski definition) is 1. The Kier molecular flexibility index (Phi) is 3.08. The van der Waals surface area contributed by atoms with Gasteiger partial charge in [-0.3, -0.25) is 0 Å². The molecule has 1 aliphatic rings. The molecule has 3 rings (SSSR count). The van der Waals surface area contributed by atoms with E-state index in [0.717, 1.165) is 17.9 Å². The summed E-state index contributed by atoms with van der Waals surface area (Å²) < 4.78 is 2.23. The number of likely N-dealkylation sites (N-methyl/N-ethyl adjacent to an activating group) is 1. The van der Waals surface area contributed by atoms with E-state index < -0.39 is 0 Å².